The number of rotatable bonds is 21. The molecular weight excluding hydrogens is 332 g/mol. The second-order valence-corrected chi connectivity index (χ2v) is 8.47. The highest BCUT2D eigenvalue weighted by molar-refractivity contribution is 5.66. The molecule has 0 saturated carbocycles. The molecule has 0 bridgehead atoms. The molecule has 0 fully saturated rings. The summed E-state index contributed by atoms with van der Waals surface area (Å²) in [5.74, 6) is 0.0947. The van der Waals surface area contributed by atoms with E-state index in [2.05, 4.69) is 19.9 Å². The van der Waals surface area contributed by atoms with E-state index in [9.17, 15) is 4.79 Å². The van der Waals surface area contributed by atoms with Crippen molar-refractivity contribution in [2.45, 2.75) is 136 Å². The topological polar surface area (TPSA) is 37.3 Å². The van der Waals surface area contributed by atoms with Crippen LogP contribution >= 0.6 is 0 Å². The van der Waals surface area contributed by atoms with Crippen molar-refractivity contribution in [1.82, 2.24) is 0 Å². The van der Waals surface area contributed by atoms with Crippen molar-refractivity contribution in [2.24, 2.45) is 5.92 Å². The van der Waals surface area contributed by atoms with E-state index in [-0.39, 0.29) is 6.42 Å². The van der Waals surface area contributed by atoms with Crippen molar-refractivity contribution in [1.29, 1.82) is 0 Å². The largest absolute Gasteiger partial charge is 0.481 e. The number of hydrogen-bond acceptors (Lipinski definition) is 1. The zero-order valence-corrected chi connectivity index (χ0v) is 18.5. The van der Waals surface area contributed by atoms with E-state index in [1.165, 1.54) is 103 Å². The van der Waals surface area contributed by atoms with Crippen LogP contribution in [0.15, 0.2) is 12.2 Å². The molecule has 1 N–H and O–H groups in total. The molecule has 0 aliphatic carbocycles. The van der Waals surface area contributed by atoms with Gasteiger partial charge in [0.2, 0.25) is 0 Å². The van der Waals surface area contributed by atoms with Crippen molar-refractivity contribution in [2.75, 3.05) is 0 Å². The van der Waals surface area contributed by atoms with Gasteiger partial charge >= 0.3 is 5.97 Å². The van der Waals surface area contributed by atoms with Crippen LogP contribution in [-0.2, 0) is 4.79 Å². The summed E-state index contributed by atoms with van der Waals surface area (Å²) in [5.41, 5.74) is 0. The normalized spacial score (nSPS) is 12.7. The lowest BCUT2D eigenvalue weighted by molar-refractivity contribution is -0.136. The number of carbonyl (C=O) groups is 1. The quantitative estimate of drug-likeness (QED) is 0.160. The van der Waals surface area contributed by atoms with E-state index in [0.29, 0.717) is 6.42 Å². The van der Waals surface area contributed by atoms with Gasteiger partial charge in [-0.05, 0) is 25.2 Å². The van der Waals surface area contributed by atoms with Crippen molar-refractivity contribution < 1.29 is 9.90 Å². The molecular formula is C25H48O2. The van der Waals surface area contributed by atoms with Crippen molar-refractivity contribution in [3.8, 4) is 0 Å². The lowest BCUT2D eigenvalue weighted by Gasteiger charge is -2.09. The Kier molecular flexibility index (Phi) is 20.9. The average molecular weight is 381 g/mol. The molecule has 0 aromatic rings. The fraction of sp³-hybridized carbons (Fsp3) is 0.880. The van der Waals surface area contributed by atoms with Gasteiger partial charge < -0.3 is 5.11 Å². The molecule has 0 aromatic heterocycles. The number of aliphatic carboxylic acids is 1. The Morgan fingerprint density at radius 1 is 0.704 bits per heavy atom. The summed E-state index contributed by atoms with van der Waals surface area (Å²) < 4.78 is 0. The SMILES string of the molecule is CCCCCCCCCCCCCCCCC(C)CCC=CCCC(=O)O. The van der Waals surface area contributed by atoms with Gasteiger partial charge in [0.05, 0.1) is 0 Å². The molecule has 0 saturated heterocycles. The molecule has 0 heterocycles. The number of carboxylic acid groups (broad SMARTS) is 1. The van der Waals surface area contributed by atoms with Gasteiger partial charge in [0.25, 0.3) is 0 Å². The van der Waals surface area contributed by atoms with Gasteiger partial charge in [-0.3, -0.25) is 4.79 Å². The molecule has 0 rings (SSSR count). The molecule has 27 heavy (non-hydrogen) atoms. The van der Waals surface area contributed by atoms with E-state index in [1.807, 2.05) is 6.08 Å². The Morgan fingerprint density at radius 2 is 1.15 bits per heavy atom. The molecule has 0 aliphatic heterocycles. The van der Waals surface area contributed by atoms with E-state index in [0.717, 1.165) is 12.3 Å². The van der Waals surface area contributed by atoms with Gasteiger partial charge in [-0.25, -0.2) is 0 Å². The van der Waals surface area contributed by atoms with Crippen molar-refractivity contribution in [3.63, 3.8) is 0 Å². The highest BCUT2D eigenvalue weighted by Gasteiger charge is 2.01. The second-order valence-electron chi connectivity index (χ2n) is 8.47. The van der Waals surface area contributed by atoms with Crippen LogP contribution in [0.2, 0.25) is 0 Å². The summed E-state index contributed by atoms with van der Waals surface area (Å²) in [4.78, 5) is 10.4. The standard InChI is InChI=1S/C25H48O2/c1-3-4-5-6-7-8-9-10-11-12-13-14-15-18-21-24(2)22-19-16-17-20-23-25(26)27/h16-17,24H,3-15,18-23H2,1-2H3,(H,26,27). The van der Waals surface area contributed by atoms with Gasteiger partial charge in [-0.15, -0.1) is 0 Å². The molecule has 1 atom stereocenters. The fourth-order valence-electron chi connectivity index (χ4n) is 3.65. The predicted molar refractivity (Wildman–Crippen MR) is 119 cm³/mol. The molecule has 0 radical (unpaired) electrons. The number of carboxylic acids is 1. The van der Waals surface area contributed by atoms with Gasteiger partial charge in [0.1, 0.15) is 0 Å². The zero-order valence-electron chi connectivity index (χ0n) is 18.5. The smallest absolute Gasteiger partial charge is 0.303 e. The monoisotopic (exact) mass is 380 g/mol. The summed E-state index contributed by atoms with van der Waals surface area (Å²) in [6.45, 7) is 4.64. The maximum Gasteiger partial charge on any atom is 0.303 e. The fourth-order valence-corrected chi connectivity index (χ4v) is 3.65. The minimum absolute atomic E-state index is 0.255. The number of allylic oxidation sites excluding steroid dienone is 2. The molecule has 0 aliphatic rings. The maximum absolute atomic E-state index is 10.4. The van der Waals surface area contributed by atoms with E-state index in [1.54, 1.807) is 0 Å². The first kappa shape index (κ1) is 26.2. The van der Waals surface area contributed by atoms with Crippen LogP contribution in [0.25, 0.3) is 0 Å². The second kappa shape index (κ2) is 21.5. The van der Waals surface area contributed by atoms with E-state index in [4.69, 9.17) is 5.11 Å². The Bertz CT molecular complexity index is 335. The van der Waals surface area contributed by atoms with Crippen LogP contribution in [0.5, 0.6) is 0 Å². The van der Waals surface area contributed by atoms with Gasteiger partial charge in [0.15, 0.2) is 0 Å². The maximum atomic E-state index is 10.4. The summed E-state index contributed by atoms with van der Waals surface area (Å²) in [7, 11) is 0. The first-order valence-corrected chi connectivity index (χ1v) is 12.0. The van der Waals surface area contributed by atoms with E-state index < -0.39 is 5.97 Å². The molecule has 0 spiro atoms. The van der Waals surface area contributed by atoms with Gasteiger partial charge in [0, 0.05) is 6.42 Å². The third-order valence-corrected chi connectivity index (χ3v) is 5.57. The lowest BCUT2D eigenvalue weighted by Crippen LogP contribution is -1.94. The summed E-state index contributed by atoms with van der Waals surface area (Å²) in [5, 5.41) is 8.58. The zero-order chi connectivity index (χ0) is 20.0. The molecule has 2 heteroatoms. The highest BCUT2D eigenvalue weighted by Crippen LogP contribution is 2.17. The minimum atomic E-state index is -0.703. The average Bonchev–Trinajstić information content (AvgIpc) is 2.64. The van der Waals surface area contributed by atoms with Crippen LogP contribution in [0.4, 0.5) is 0 Å². The molecule has 0 aromatic carbocycles. The molecule has 2 nitrogen and oxygen atoms in total. The lowest BCUT2D eigenvalue weighted by atomic mass is 9.97. The summed E-state index contributed by atoms with van der Waals surface area (Å²) >= 11 is 0. The first-order valence-electron chi connectivity index (χ1n) is 12.0. The van der Waals surface area contributed by atoms with Crippen LogP contribution in [0, 0.1) is 5.92 Å². The molecule has 0 amide bonds. The number of unbranched alkanes of at least 4 members (excludes halogenated alkanes) is 13. The first-order chi connectivity index (χ1) is 13.2. The summed E-state index contributed by atoms with van der Waals surface area (Å²) in [6.07, 6.45) is 28.8. The molecule has 1 unspecified atom stereocenters. The highest BCUT2D eigenvalue weighted by atomic mass is 16.4. The van der Waals surface area contributed by atoms with Crippen molar-refractivity contribution >= 4 is 5.97 Å². The van der Waals surface area contributed by atoms with Crippen molar-refractivity contribution in [3.05, 3.63) is 12.2 Å². The predicted octanol–water partition coefficient (Wildman–Crippen LogP) is 8.70. The third-order valence-electron chi connectivity index (χ3n) is 5.57. The molecule has 160 valence electrons. The van der Waals surface area contributed by atoms with Crippen LogP contribution in [-0.4, -0.2) is 11.1 Å². The van der Waals surface area contributed by atoms with E-state index >= 15 is 0 Å². The minimum Gasteiger partial charge on any atom is -0.481 e. The van der Waals surface area contributed by atoms with Gasteiger partial charge in [-0.2, -0.15) is 0 Å². The summed E-state index contributed by atoms with van der Waals surface area (Å²) in [6, 6.07) is 0. The van der Waals surface area contributed by atoms with Crippen LogP contribution in [0.3, 0.4) is 0 Å². The Morgan fingerprint density at radius 3 is 1.63 bits per heavy atom. The van der Waals surface area contributed by atoms with Crippen LogP contribution < -0.4 is 0 Å². The Hall–Kier alpha value is -0.790. The third kappa shape index (κ3) is 23.2. The Labute approximate surface area is 170 Å². The van der Waals surface area contributed by atoms with Gasteiger partial charge in [-0.1, -0.05) is 122 Å². The number of hydrogen-bond donors (Lipinski definition) is 1. The Balaban J connectivity index is 3.20. The van der Waals surface area contributed by atoms with Crippen LogP contribution in [0.1, 0.15) is 136 Å².